The van der Waals surface area contributed by atoms with Gasteiger partial charge in [-0.3, -0.25) is 0 Å². The monoisotopic (exact) mass is 418 g/mol. The van der Waals surface area contributed by atoms with Crippen LogP contribution in [0, 0.1) is 18.3 Å². The number of ether oxygens (including phenoxy) is 4. The van der Waals surface area contributed by atoms with Crippen molar-refractivity contribution in [1.29, 1.82) is 5.26 Å². The molecule has 2 heterocycles. The largest absolute Gasteiger partial charge is 0.493 e. The molecule has 0 bridgehead atoms. The average Bonchev–Trinajstić information content (AvgIpc) is 3.13. The van der Waals surface area contributed by atoms with Crippen molar-refractivity contribution in [3.8, 4) is 34.9 Å². The lowest BCUT2D eigenvalue weighted by Gasteiger charge is -2.26. The highest BCUT2D eigenvalue weighted by Crippen LogP contribution is 2.48. The average molecular weight is 418 g/mol. The fraction of sp³-hybridized carbons (Fsp3) is 0.217. The van der Waals surface area contributed by atoms with Crippen LogP contribution in [0.15, 0.2) is 53.9 Å². The van der Waals surface area contributed by atoms with Gasteiger partial charge in [0.05, 0.1) is 44.2 Å². The van der Waals surface area contributed by atoms with E-state index in [0.29, 0.717) is 23.1 Å². The predicted octanol–water partition coefficient (Wildman–Crippen LogP) is 3.42. The number of methoxy groups -OCH3 is 3. The molecule has 1 unspecified atom stereocenters. The van der Waals surface area contributed by atoms with Gasteiger partial charge in [-0.2, -0.15) is 10.4 Å². The Kier molecular flexibility index (Phi) is 5.17. The zero-order chi connectivity index (χ0) is 22.1. The number of nitriles is 1. The first-order valence-electron chi connectivity index (χ1n) is 9.56. The molecule has 0 radical (unpaired) electrons. The van der Waals surface area contributed by atoms with Gasteiger partial charge < -0.3 is 24.7 Å². The fourth-order valence-electron chi connectivity index (χ4n) is 3.86. The second-order valence-electron chi connectivity index (χ2n) is 6.94. The minimum absolute atomic E-state index is 0.0332. The highest BCUT2D eigenvalue weighted by Gasteiger charge is 2.37. The van der Waals surface area contributed by atoms with Crippen LogP contribution in [0.5, 0.6) is 23.1 Å². The Morgan fingerprint density at radius 2 is 1.71 bits per heavy atom. The third kappa shape index (κ3) is 3.20. The minimum atomic E-state index is -0.514. The highest BCUT2D eigenvalue weighted by atomic mass is 16.5. The van der Waals surface area contributed by atoms with Gasteiger partial charge in [-0.05, 0) is 36.8 Å². The van der Waals surface area contributed by atoms with Crippen LogP contribution in [-0.2, 0) is 0 Å². The van der Waals surface area contributed by atoms with Crippen molar-refractivity contribution in [1.82, 2.24) is 9.78 Å². The van der Waals surface area contributed by atoms with Gasteiger partial charge in [0.2, 0.25) is 17.5 Å². The SMILES string of the molecule is COc1cc(C2C(C#N)=C(N)Oc3c2c(C)nn3-c2ccccc2)cc(OC)c1OC. The number of aryl methyl sites for hydroxylation is 1. The number of para-hydroxylation sites is 1. The third-order valence-corrected chi connectivity index (χ3v) is 5.25. The van der Waals surface area contributed by atoms with Crippen LogP contribution < -0.4 is 24.7 Å². The van der Waals surface area contributed by atoms with Gasteiger partial charge in [0, 0.05) is 0 Å². The zero-order valence-corrected chi connectivity index (χ0v) is 17.7. The van der Waals surface area contributed by atoms with Gasteiger partial charge >= 0.3 is 0 Å². The summed E-state index contributed by atoms with van der Waals surface area (Å²) in [7, 11) is 4.63. The number of aromatic nitrogens is 2. The van der Waals surface area contributed by atoms with Crippen LogP contribution in [-0.4, -0.2) is 31.1 Å². The standard InChI is InChI=1S/C23H22N4O4/c1-13-19-20(14-10-17(28-2)21(30-4)18(11-14)29-3)16(12-24)22(25)31-23(19)27(26-13)15-8-6-5-7-9-15/h5-11,20H,25H2,1-4H3. The summed E-state index contributed by atoms with van der Waals surface area (Å²) >= 11 is 0. The Morgan fingerprint density at radius 3 is 2.26 bits per heavy atom. The van der Waals surface area contributed by atoms with Crippen molar-refractivity contribution in [2.75, 3.05) is 21.3 Å². The quantitative estimate of drug-likeness (QED) is 0.677. The van der Waals surface area contributed by atoms with Crippen LogP contribution in [0.3, 0.4) is 0 Å². The first-order valence-corrected chi connectivity index (χ1v) is 9.56. The molecular formula is C23H22N4O4. The number of hydrogen-bond acceptors (Lipinski definition) is 7. The molecule has 1 aromatic heterocycles. The molecular weight excluding hydrogens is 396 g/mol. The molecule has 0 saturated carbocycles. The van der Waals surface area contributed by atoms with Crippen molar-refractivity contribution in [3.63, 3.8) is 0 Å². The highest BCUT2D eigenvalue weighted by molar-refractivity contribution is 5.62. The van der Waals surface area contributed by atoms with Crippen LogP contribution in [0.1, 0.15) is 22.7 Å². The van der Waals surface area contributed by atoms with E-state index < -0.39 is 5.92 Å². The van der Waals surface area contributed by atoms with Crippen molar-refractivity contribution in [2.45, 2.75) is 12.8 Å². The first-order chi connectivity index (χ1) is 15.0. The van der Waals surface area contributed by atoms with E-state index in [2.05, 4.69) is 11.2 Å². The van der Waals surface area contributed by atoms with Crippen LogP contribution >= 0.6 is 0 Å². The van der Waals surface area contributed by atoms with E-state index in [-0.39, 0.29) is 11.5 Å². The first kappa shape index (κ1) is 20.2. The molecule has 31 heavy (non-hydrogen) atoms. The van der Waals surface area contributed by atoms with Crippen LogP contribution in [0.2, 0.25) is 0 Å². The van der Waals surface area contributed by atoms with Gasteiger partial charge in [0.15, 0.2) is 11.5 Å². The molecule has 8 nitrogen and oxygen atoms in total. The van der Waals surface area contributed by atoms with Gasteiger partial charge in [0.25, 0.3) is 0 Å². The number of benzene rings is 2. The number of allylic oxidation sites excluding steroid dienone is 1. The van der Waals surface area contributed by atoms with E-state index in [9.17, 15) is 5.26 Å². The van der Waals surface area contributed by atoms with E-state index in [0.717, 1.165) is 22.5 Å². The molecule has 4 rings (SSSR count). The van der Waals surface area contributed by atoms with E-state index in [4.69, 9.17) is 24.7 Å². The third-order valence-electron chi connectivity index (χ3n) is 5.25. The molecule has 2 aromatic carbocycles. The number of fused-ring (bicyclic) bond motifs is 1. The second-order valence-corrected chi connectivity index (χ2v) is 6.94. The number of hydrogen-bond donors (Lipinski definition) is 1. The Morgan fingerprint density at radius 1 is 1.06 bits per heavy atom. The second kappa shape index (κ2) is 7.95. The van der Waals surface area contributed by atoms with Gasteiger partial charge in [-0.1, -0.05) is 18.2 Å². The maximum atomic E-state index is 9.90. The Labute approximate surface area is 180 Å². The molecule has 3 aromatic rings. The summed E-state index contributed by atoms with van der Waals surface area (Å²) in [5.41, 5.74) is 9.52. The van der Waals surface area contributed by atoms with Crippen molar-refractivity contribution in [3.05, 3.63) is 70.7 Å². The molecule has 1 atom stereocenters. The normalized spacial score (nSPS) is 15.0. The van der Waals surface area contributed by atoms with Gasteiger partial charge in [0.1, 0.15) is 11.6 Å². The molecule has 2 N–H and O–H groups in total. The van der Waals surface area contributed by atoms with E-state index in [1.54, 1.807) is 26.0 Å². The van der Waals surface area contributed by atoms with Crippen LogP contribution in [0.4, 0.5) is 0 Å². The van der Waals surface area contributed by atoms with Gasteiger partial charge in [-0.25, -0.2) is 4.68 Å². The van der Waals surface area contributed by atoms with Crippen molar-refractivity contribution in [2.24, 2.45) is 5.73 Å². The predicted molar refractivity (Wildman–Crippen MR) is 114 cm³/mol. The molecule has 8 heteroatoms. The molecule has 1 aliphatic rings. The summed E-state index contributed by atoms with van der Waals surface area (Å²) in [6.45, 7) is 1.88. The zero-order valence-electron chi connectivity index (χ0n) is 17.7. The fourth-order valence-corrected chi connectivity index (χ4v) is 3.86. The Balaban J connectivity index is 1.98. The maximum absolute atomic E-state index is 9.90. The lowest BCUT2D eigenvalue weighted by molar-refractivity contribution is 0.323. The summed E-state index contributed by atoms with van der Waals surface area (Å²) < 4.78 is 24.1. The molecule has 0 saturated heterocycles. The molecule has 0 amide bonds. The lowest BCUT2D eigenvalue weighted by Crippen LogP contribution is -2.22. The van der Waals surface area contributed by atoms with Gasteiger partial charge in [-0.15, -0.1) is 0 Å². The molecule has 158 valence electrons. The maximum Gasteiger partial charge on any atom is 0.229 e. The topological polar surface area (TPSA) is 105 Å². The molecule has 0 fully saturated rings. The van der Waals surface area contributed by atoms with Crippen molar-refractivity contribution >= 4 is 0 Å². The number of nitrogens with two attached hydrogens (primary N) is 1. The smallest absolute Gasteiger partial charge is 0.229 e. The van der Waals surface area contributed by atoms with E-state index in [1.807, 2.05) is 49.4 Å². The Bertz CT molecular complexity index is 1180. The van der Waals surface area contributed by atoms with E-state index in [1.165, 1.54) is 0 Å². The summed E-state index contributed by atoms with van der Waals surface area (Å²) in [5, 5.41) is 14.6. The summed E-state index contributed by atoms with van der Waals surface area (Å²) in [4.78, 5) is 0. The summed E-state index contributed by atoms with van der Waals surface area (Å²) in [6, 6.07) is 15.4. The van der Waals surface area contributed by atoms with Crippen LogP contribution in [0.25, 0.3) is 5.69 Å². The summed E-state index contributed by atoms with van der Waals surface area (Å²) in [6.07, 6.45) is 0. The number of rotatable bonds is 5. The molecule has 1 aliphatic heterocycles. The van der Waals surface area contributed by atoms with Crippen molar-refractivity contribution < 1.29 is 18.9 Å². The molecule has 0 aliphatic carbocycles. The summed E-state index contributed by atoms with van der Waals surface area (Å²) in [5.74, 6) is 1.42. The molecule has 0 spiro atoms. The Hall–Kier alpha value is -4.12. The lowest BCUT2D eigenvalue weighted by atomic mass is 9.84. The number of nitrogens with zero attached hydrogens (tertiary/aromatic N) is 3. The minimum Gasteiger partial charge on any atom is -0.493 e. The van der Waals surface area contributed by atoms with E-state index >= 15 is 0 Å².